The second-order valence-corrected chi connectivity index (χ2v) is 9.21. The van der Waals surface area contributed by atoms with Crippen molar-refractivity contribution in [1.29, 1.82) is 0 Å². The van der Waals surface area contributed by atoms with Gasteiger partial charge >= 0.3 is 5.97 Å². The Balaban J connectivity index is 2.12. The number of benzene rings is 1. The summed E-state index contributed by atoms with van der Waals surface area (Å²) in [6.45, 7) is 4.07. The highest BCUT2D eigenvalue weighted by atomic mass is 32.2. The van der Waals surface area contributed by atoms with Crippen molar-refractivity contribution in [2.45, 2.75) is 50.1 Å². The highest BCUT2D eigenvalue weighted by molar-refractivity contribution is 7.94. The number of carbonyl (C=O) groups excluding carboxylic acids is 2. The van der Waals surface area contributed by atoms with E-state index in [2.05, 4.69) is 5.32 Å². The summed E-state index contributed by atoms with van der Waals surface area (Å²) in [4.78, 5) is 37.9. The van der Waals surface area contributed by atoms with Crippen LogP contribution in [0.5, 0.6) is 0 Å². The first-order valence-corrected chi connectivity index (χ1v) is 11.0. The van der Waals surface area contributed by atoms with E-state index in [9.17, 15) is 27.9 Å². The van der Waals surface area contributed by atoms with Crippen LogP contribution in [0.25, 0.3) is 0 Å². The van der Waals surface area contributed by atoms with Gasteiger partial charge in [-0.05, 0) is 37.3 Å². The summed E-state index contributed by atoms with van der Waals surface area (Å²) in [5, 5.41) is 12.6. The number of nitrogens with zero attached hydrogens (tertiary/aromatic N) is 1. The van der Waals surface area contributed by atoms with Crippen molar-refractivity contribution in [3.05, 3.63) is 41.8 Å². The monoisotopic (exact) mass is 422 g/mol. The summed E-state index contributed by atoms with van der Waals surface area (Å²) in [6.07, 6.45) is 2.15. The van der Waals surface area contributed by atoms with E-state index in [0.29, 0.717) is 25.8 Å². The maximum absolute atomic E-state index is 12.9. The van der Waals surface area contributed by atoms with Gasteiger partial charge in [0.1, 0.15) is 12.1 Å². The van der Waals surface area contributed by atoms with Gasteiger partial charge in [0.15, 0.2) is 9.84 Å². The number of hydrogen-bond acceptors (Lipinski definition) is 5. The number of nitrogens with one attached hydrogen (secondary N) is 1. The summed E-state index contributed by atoms with van der Waals surface area (Å²) >= 11 is 0. The van der Waals surface area contributed by atoms with Crippen molar-refractivity contribution >= 4 is 27.6 Å². The summed E-state index contributed by atoms with van der Waals surface area (Å²) < 4.78 is 24.5. The lowest BCUT2D eigenvalue weighted by molar-refractivity contribution is -0.149. The fourth-order valence-corrected chi connectivity index (χ4v) is 4.24. The van der Waals surface area contributed by atoms with Crippen LogP contribution in [0.2, 0.25) is 0 Å². The van der Waals surface area contributed by atoms with Crippen LogP contribution in [0.1, 0.15) is 33.1 Å². The second kappa shape index (κ2) is 9.69. The molecular formula is C20H26N2O6S. The maximum Gasteiger partial charge on any atom is 0.326 e. The molecule has 2 atom stereocenters. The van der Waals surface area contributed by atoms with Gasteiger partial charge in [-0.15, -0.1) is 0 Å². The van der Waals surface area contributed by atoms with Crippen LogP contribution in [-0.4, -0.2) is 54.8 Å². The van der Waals surface area contributed by atoms with E-state index >= 15 is 0 Å². The van der Waals surface area contributed by atoms with Crippen molar-refractivity contribution in [3.63, 3.8) is 0 Å². The zero-order chi connectivity index (χ0) is 21.6. The molecule has 1 aliphatic rings. The molecule has 0 aromatic heterocycles. The molecule has 0 spiro atoms. The molecule has 1 heterocycles. The minimum absolute atomic E-state index is 0.0558. The third-order valence-corrected chi connectivity index (χ3v) is 6.04. The molecule has 2 amide bonds. The predicted molar refractivity (Wildman–Crippen MR) is 107 cm³/mol. The Labute approximate surface area is 170 Å². The molecular weight excluding hydrogens is 396 g/mol. The summed E-state index contributed by atoms with van der Waals surface area (Å²) in [7, 11) is -3.78. The number of likely N-dealkylation sites (tertiary alicyclic amines) is 1. The lowest BCUT2D eigenvalue weighted by Gasteiger charge is -2.28. The number of hydrogen-bond donors (Lipinski definition) is 2. The Morgan fingerprint density at radius 3 is 2.48 bits per heavy atom. The molecule has 9 heteroatoms. The van der Waals surface area contributed by atoms with E-state index in [1.807, 2.05) is 13.8 Å². The van der Waals surface area contributed by atoms with Gasteiger partial charge in [-0.2, -0.15) is 0 Å². The predicted octanol–water partition coefficient (Wildman–Crippen LogP) is 1.58. The van der Waals surface area contributed by atoms with Gasteiger partial charge in [0, 0.05) is 18.0 Å². The Morgan fingerprint density at radius 2 is 1.90 bits per heavy atom. The molecule has 8 nitrogen and oxygen atoms in total. The SMILES string of the molecule is CC(C)C[C@H](NC(=O)/C=C/S(=O)(=O)c1ccccc1)C(=O)N1CCC[C@H]1C(=O)O. The van der Waals surface area contributed by atoms with Crippen LogP contribution in [0.15, 0.2) is 46.7 Å². The summed E-state index contributed by atoms with van der Waals surface area (Å²) in [6, 6.07) is 5.85. The van der Waals surface area contributed by atoms with Crippen LogP contribution in [0, 0.1) is 5.92 Å². The van der Waals surface area contributed by atoms with Crippen LogP contribution in [0.3, 0.4) is 0 Å². The molecule has 2 rings (SSSR count). The molecule has 0 bridgehead atoms. The first-order chi connectivity index (χ1) is 13.6. The van der Waals surface area contributed by atoms with E-state index in [4.69, 9.17) is 0 Å². The number of amides is 2. The average Bonchev–Trinajstić information content (AvgIpc) is 3.16. The van der Waals surface area contributed by atoms with Crippen LogP contribution >= 0.6 is 0 Å². The Bertz CT molecular complexity index is 879. The van der Waals surface area contributed by atoms with E-state index in [-0.39, 0.29) is 10.8 Å². The first kappa shape index (κ1) is 22.6. The average molecular weight is 423 g/mol. The topological polar surface area (TPSA) is 121 Å². The normalized spacial score (nSPS) is 18.2. The van der Waals surface area contributed by atoms with Crippen LogP contribution < -0.4 is 5.32 Å². The second-order valence-electron chi connectivity index (χ2n) is 7.38. The number of aliphatic carboxylic acids is 1. The molecule has 1 saturated heterocycles. The molecule has 1 fully saturated rings. The number of carbonyl (C=O) groups is 3. The number of rotatable bonds is 8. The maximum atomic E-state index is 12.9. The van der Waals surface area contributed by atoms with Crippen molar-refractivity contribution in [1.82, 2.24) is 10.2 Å². The van der Waals surface area contributed by atoms with Crippen molar-refractivity contribution in [2.24, 2.45) is 5.92 Å². The third kappa shape index (κ3) is 6.15. The molecule has 0 radical (unpaired) electrons. The van der Waals surface area contributed by atoms with Gasteiger partial charge < -0.3 is 15.3 Å². The van der Waals surface area contributed by atoms with Gasteiger partial charge in [-0.3, -0.25) is 9.59 Å². The molecule has 29 heavy (non-hydrogen) atoms. The van der Waals surface area contributed by atoms with Gasteiger partial charge in [0.2, 0.25) is 11.8 Å². The van der Waals surface area contributed by atoms with Crippen molar-refractivity contribution in [2.75, 3.05) is 6.54 Å². The standard InChI is InChI=1S/C20H26N2O6S/c1-14(2)13-16(19(24)22-11-6-9-17(22)20(25)26)21-18(23)10-12-29(27,28)15-7-4-3-5-8-15/h3-5,7-8,10,12,14,16-17H,6,9,11,13H2,1-2H3,(H,21,23)(H,25,26)/b12-10+/t16-,17-/m0/s1. The summed E-state index contributed by atoms with van der Waals surface area (Å²) in [5.74, 6) is -2.20. The minimum atomic E-state index is -3.78. The van der Waals surface area contributed by atoms with E-state index in [0.717, 1.165) is 11.5 Å². The van der Waals surface area contributed by atoms with Gasteiger partial charge in [0.05, 0.1) is 4.90 Å². The zero-order valence-corrected chi connectivity index (χ0v) is 17.3. The highest BCUT2D eigenvalue weighted by Gasteiger charge is 2.37. The Hall–Kier alpha value is -2.68. The minimum Gasteiger partial charge on any atom is -0.480 e. The number of sulfone groups is 1. The van der Waals surface area contributed by atoms with E-state index in [1.54, 1.807) is 18.2 Å². The number of carboxylic acids is 1. The smallest absolute Gasteiger partial charge is 0.326 e. The molecule has 0 unspecified atom stereocenters. The number of carboxylic acid groups (broad SMARTS) is 1. The van der Waals surface area contributed by atoms with E-state index in [1.165, 1.54) is 17.0 Å². The fraction of sp³-hybridized carbons (Fsp3) is 0.450. The van der Waals surface area contributed by atoms with Crippen LogP contribution in [0.4, 0.5) is 0 Å². The van der Waals surface area contributed by atoms with Crippen molar-refractivity contribution in [3.8, 4) is 0 Å². The quantitative estimate of drug-likeness (QED) is 0.614. The molecule has 0 aliphatic carbocycles. The first-order valence-electron chi connectivity index (χ1n) is 9.44. The highest BCUT2D eigenvalue weighted by Crippen LogP contribution is 2.20. The largest absolute Gasteiger partial charge is 0.480 e. The fourth-order valence-electron chi connectivity index (χ4n) is 3.24. The molecule has 1 aliphatic heterocycles. The molecule has 2 N–H and O–H groups in total. The van der Waals surface area contributed by atoms with Crippen LogP contribution in [-0.2, 0) is 24.2 Å². The van der Waals surface area contributed by atoms with E-state index < -0.39 is 39.7 Å². The lowest BCUT2D eigenvalue weighted by Crippen LogP contribution is -2.51. The van der Waals surface area contributed by atoms with Gasteiger partial charge in [0.25, 0.3) is 0 Å². The molecule has 158 valence electrons. The molecule has 1 aromatic carbocycles. The van der Waals surface area contributed by atoms with Crippen molar-refractivity contribution < 1.29 is 27.9 Å². The Kier molecular flexibility index (Phi) is 7.55. The summed E-state index contributed by atoms with van der Waals surface area (Å²) in [5.41, 5.74) is 0. The third-order valence-electron chi connectivity index (χ3n) is 4.61. The lowest BCUT2D eigenvalue weighted by atomic mass is 10.0. The Morgan fingerprint density at radius 1 is 1.24 bits per heavy atom. The molecule has 0 saturated carbocycles. The molecule has 1 aromatic rings. The van der Waals surface area contributed by atoms with Gasteiger partial charge in [-0.1, -0.05) is 32.0 Å². The zero-order valence-electron chi connectivity index (χ0n) is 16.4. The van der Waals surface area contributed by atoms with Gasteiger partial charge in [-0.25, -0.2) is 13.2 Å².